The second-order valence-electron chi connectivity index (χ2n) is 4.03. The normalized spacial score (nSPS) is 10.8. The Labute approximate surface area is 121 Å². The Morgan fingerprint density at radius 1 is 1.30 bits per heavy atom. The summed E-state index contributed by atoms with van der Waals surface area (Å²) in [7, 11) is -3.84. The first-order valence-electron chi connectivity index (χ1n) is 5.58. The molecule has 1 aromatic carbocycles. The number of aromatic nitrogens is 1. The average molecular weight is 308 g/mol. The highest BCUT2D eigenvalue weighted by atomic mass is 35.5. The second kappa shape index (κ2) is 5.49. The van der Waals surface area contributed by atoms with E-state index < -0.39 is 10.0 Å². The zero-order chi connectivity index (χ0) is 14.8. The van der Waals surface area contributed by atoms with Gasteiger partial charge in [-0.1, -0.05) is 17.7 Å². The topological polar surface area (TPSA) is 82.9 Å². The summed E-state index contributed by atoms with van der Waals surface area (Å²) in [5, 5.41) is 8.73. The summed E-state index contributed by atoms with van der Waals surface area (Å²) in [6.07, 6.45) is 0. The summed E-state index contributed by atoms with van der Waals surface area (Å²) in [6, 6.07) is 10.9. The number of hydrogen-bond acceptors (Lipinski definition) is 4. The lowest BCUT2D eigenvalue weighted by molar-refractivity contribution is 0.601. The standard InChI is InChI=1S/C13H10ClN3O2S/c1-9-3-2-4-13(16-9)17-20(18,19)12-6-5-10(8-15)7-11(12)14/h2-7H,1H3,(H,16,17). The molecule has 5 nitrogen and oxygen atoms in total. The molecule has 0 atom stereocenters. The van der Waals surface area contributed by atoms with Crippen LogP contribution in [0.1, 0.15) is 11.3 Å². The molecule has 0 amide bonds. The Kier molecular flexibility index (Phi) is 3.93. The van der Waals surface area contributed by atoms with Crippen LogP contribution in [0, 0.1) is 18.3 Å². The first kappa shape index (κ1) is 14.3. The van der Waals surface area contributed by atoms with Crippen molar-refractivity contribution in [3.8, 4) is 6.07 Å². The van der Waals surface area contributed by atoms with Crippen LogP contribution < -0.4 is 4.72 Å². The molecule has 1 aromatic heterocycles. The number of nitrogens with zero attached hydrogens (tertiary/aromatic N) is 2. The number of hydrogen-bond donors (Lipinski definition) is 1. The molecule has 0 aliphatic carbocycles. The van der Waals surface area contributed by atoms with Gasteiger partial charge in [0, 0.05) is 5.69 Å². The smallest absolute Gasteiger partial charge is 0.263 e. The largest absolute Gasteiger partial charge is 0.264 e. The van der Waals surface area contributed by atoms with Gasteiger partial charge in [0.15, 0.2) is 0 Å². The summed E-state index contributed by atoms with van der Waals surface area (Å²) in [5.41, 5.74) is 0.985. The number of anilines is 1. The SMILES string of the molecule is Cc1cccc(NS(=O)(=O)c2ccc(C#N)cc2Cl)n1. The number of aryl methyl sites for hydroxylation is 1. The molecule has 0 spiro atoms. The van der Waals surface area contributed by atoms with Gasteiger partial charge < -0.3 is 0 Å². The lowest BCUT2D eigenvalue weighted by Crippen LogP contribution is -2.14. The van der Waals surface area contributed by atoms with E-state index in [4.69, 9.17) is 16.9 Å². The highest BCUT2D eigenvalue weighted by Crippen LogP contribution is 2.24. The minimum absolute atomic E-state index is 0.01000. The minimum Gasteiger partial charge on any atom is -0.263 e. The van der Waals surface area contributed by atoms with E-state index in [1.165, 1.54) is 18.2 Å². The van der Waals surface area contributed by atoms with Crippen molar-refractivity contribution in [1.29, 1.82) is 5.26 Å². The molecule has 0 bridgehead atoms. The van der Waals surface area contributed by atoms with Gasteiger partial charge in [-0.15, -0.1) is 0 Å². The number of sulfonamides is 1. The fourth-order valence-corrected chi connectivity index (χ4v) is 3.13. The molecular formula is C13H10ClN3O2S. The lowest BCUT2D eigenvalue weighted by atomic mass is 10.2. The third-order valence-electron chi connectivity index (χ3n) is 2.48. The molecule has 0 saturated carbocycles. The molecule has 1 heterocycles. The Hall–Kier alpha value is -2.10. The van der Waals surface area contributed by atoms with E-state index in [1.54, 1.807) is 25.1 Å². The number of halogens is 1. The zero-order valence-electron chi connectivity index (χ0n) is 10.5. The van der Waals surface area contributed by atoms with E-state index >= 15 is 0 Å². The van der Waals surface area contributed by atoms with Crippen LogP contribution in [0.15, 0.2) is 41.3 Å². The Morgan fingerprint density at radius 3 is 2.65 bits per heavy atom. The Balaban J connectivity index is 2.39. The van der Waals surface area contributed by atoms with Crippen molar-refractivity contribution in [2.75, 3.05) is 4.72 Å². The van der Waals surface area contributed by atoms with Gasteiger partial charge in [-0.2, -0.15) is 5.26 Å². The van der Waals surface area contributed by atoms with E-state index in [2.05, 4.69) is 9.71 Å². The van der Waals surface area contributed by atoms with Gasteiger partial charge >= 0.3 is 0 Å². The van der Waals surface area contributed by atoms with E-state index in [-0.39, 0.29) is 15.7 Å². The molecule has 0 saturated heterocycles. The fraction of sp³-hybridized carbons (Fsp3) is 0.0769. The molecule has 0 aliphatic rings. The number of benzene rings is 1. The van der Waals surface area contributed by atoms with Crippen LogP contribution in [0.2, 0.25) is 5.02 Å². The Morgan fingerprint density at radius 2 is 2.05 bits per heavy atom. The first-order chi connectivity index (χ1) is 9.42. The monoisotopic (exact) mass is 307 g/mol. The molecule has 102 valence electrons. The maximum Gasteiger partial charge on any atom is 0.264 e. The van der Waals surface area contributed by atoms with Crippen molar-refractivity contribution < 1.29 is 8.42 Å². The van der Waals surface area contributed by atoms with E-state index in [0.29, 0.717) is 11.3 Å². The summed E-state index contributed by atoms with van der Waals surface area (Å²) >= 11 is 5.90. The highest BCUT2D eigenvalue weighted by molar-refractivity contribution is 7.92. The van der Waals surface area contributed by atoms with Crippen LogP contribution in [0.3, 0.4) is 0 Å². The van der Waals surface area contributed by atoms with Crippen LogP contribution in [-0.4, -0.2) is 13.4 Å². The second-order valence-corrected chi connectivity index (χ2v) is 6.08. The van der Waals surface area contributed by atoms with Crippen molar-refractivity contribution in [3.63, 3.8) is 0 Å². The van der Waals surface area contributed by atoms with Gasteiger partial charge in [-0.25, -0.2) is 13.4 Å². The van der Waals surface area contributed by atoms with Crippen molar-refractivity contribution in [3.05, 3.63) is 52.7 Å². The molecule has 2 rings (SSSR count). The molecule has 2 aromatic rings. The number of nitriles is 1. The van der Waals surface area contributed by atoms with Gasteiger partial charge in [0.2, 0.25) is 0 Å². The van der Waals surface area contributed by atoms with E-state index in [9.17, 15) is 8.42 Å². The zero-order valence-corrected chi connectivity index (χ0v) is 12.0. The van der Waals surface area contributed by atoms with Crippen LogP contribution in [0.5, 0.6) is 0 Å². The van der Waals surface area contributed by atoms with Crippen molar-refractivity contribution in [2.24, 2.45) is 0 Å². The predicted octanol–water partition coefficient (Wildman–Crippen LogP) is 2.72. The van der Waals surface area contributed by atoms with Crippen molar-refractivity contribution >= 4 is 27.4 Å². The number of pyridine rings is 1. The van der Waals surface area contributed by atoms with E-state index in [0.717, 1.165) is 0 Å². The molecule has 0 aliphatic heterocycles. The summed E-state index contributed by atoms with van der Waals surface area (Å²) in [5.74, 6) is 0.213. The van der Waals surface area contributed by atoms with Gasteiger partial charge in [-0.3, -0.25) is 4.72 Å². The molecule has 0 fully saturated rings. The number of rotatable bonds is 3. The van der Waals surface area contributed by atoms with E-state index in [1.807, 2.05) is 6.07 Å². The third-order valence-corrected chi connectivity index (χ3v) is 4.32. The number of nitrogens with one attached hydrogen (secondary N) is 1. The third kappa shape index (κ3) is 3.07. The molecular weight excluding hydrogens is 298 g/mol. The first-order valence-corrected chi connectivity index (χ1v) is 7.44. The van der Waals surface area contributed by atoms with Crippen LogP contribution in [-0.2, 0) is 10.0 Å². The van der Waals surface area contributed by atoms with Crippen LogP contribution in [0.4, 0.5) is 5.82 Å². The van der Waals surface area contributed by atoms with Gasteiger partial charge in [0.1, 0.15) is 10.7 Å². The minimum atomic E-state index is -3.84. The maximum atomic E-state index is 12.2. The van der Waals surface area contributed by atoms with Crippen molar-refractivity contribution in [2.45, 2.75) is 11.8 Å². The summed E-state index contributed by atoms with van der Waals surface area (Å²) in [4.78, 5) is 3.97. The molecule has 0 radical (unpaired) electrons. The Bertz CT molecular complexity index is 798. The lowest BCUT2D eigenvalue weighted by Gasteiger charge is -2.09. The van der Waals surface area contributed by atoms with Gasteiger partial charge in [0.25, 0.3) is 10.0 Å². The van der Waals surface area contributed by atoms with Crippen LogP contribution in [0.25, 0.3) is 0 Å². The maximum absolute atomic E-state index is 12.2. The molecule has 1 N–H and O–H groups in total. The highest BCUT2D eigenvalue weighted by Gasteiger charge is 2.18. The summed E-state index contributed by atoms with van der Waals surface area (Å²) in [6.45, 7) is 1.76. The van der Waals surface area contributed by atoms with Crippen LogP contribution >= 0.6 is 11.6 Å². The summed E-state index contributed by atoms with van der Waals surface area (Å²) < 4.78 is 26.8. The van der Waals surface area contributed by atoms with Gasteiger partial charge in [-0.05, 0) is 37.3 Å². The molecule has 7 heteroatoms. The molecule has 0 unspecified atom stereocenters. The molecule has 20 heavy (non-hydrogen) atoms. The van der Waals surface area contributed by atoms with Crippen molar-refractivity contribution in [1.82, 2.24) is 4.98 Å². The van der Waals surface area contributed by atoms with Gasteiger partial charge in [0.05, 0.1) is 16.7 Å². The predicted molar refractivity (Wildman–Crippen MR) is 75.9 cm³/mol. The fourth-order valence-electron chi connectivity index (χ4n) is 1.58. The average Bonchev–Trinajstić information content (AvgIpc) is 2.37. The quantitative estimate of drug-likeness (QED) is 0.945.